The smallest absolute Gasteiger partial charge is 0.307 e. The van der Waals surface area contributed by atoms with Crippen molar-refractivity contribution in [3.63, 3.8) is 0 Å². The van der Waals surface area contributed by atoms with E-state index in [4.69, 9.17) is 11.6 Å². The van der Waals surface area contributed by atoms with Gasteiger partial charge in [-0.3, -0.25) is 9.59 Å². The Morgan fingerprint density at radius 1 is 1.19 bits per heavy atom. The fourth-order valence-corrected chi connectivity index (χ4v) is 3.07. The molecule has 0 radical (unpaired) electrons. The summed E-state index contributed by atoms with van der Waals surface area (Å²) in [6.07, 6.45) is 3.08. The van der Waals surface area contributed by atoms with Gasteiger partial charge in [0, 0.05) is 18.6 Å². The summed E-state index contributed by atoms with van der Waals surface area (Å²) in [5.41, 5.74) is 0.984. The average Bonchev–Trinajstić information content (AvgIpc) is 2.48. The van der Waals surface area contributed by atoms with Crippen LogP contribution in [0.1, 0.15) is 31.2 Å². The first-order chi connectivity index (χ1) is 9.99. The predicted octanol–water partition coefficient (Wildman–Crippen LogP) is 3.19. The van der Waals surface area contributed by atoms with E-state index in [1.54, 1.807) is 24.1 Å². The molecule has 0 heterocycles. The number of nitrogens with zero attached hydrogens (tertiary/aromatic N) is 1. The molecule has 1 aromatic rings. The van der Waals surface area contributed by atoms with Crippen molar-refractivity contribution in [3.8, 4) is 0 Å². The van der Waals surface area contributed by atoms with Crippen molar-refractivity contribution < 1.29 is 14.7 Å². The van der Waals surface area contributed by atoms with E-state index in [0.717, 1.165) is 18.4 Å². The number of halogens is 1. The Morgan fingerprint density at radius 2 is 1.76 bits per heavy atom. The molecule has 4 nitrogen and oxygen atoms in total. The van der Waals surface area contributed by atoms with Crippen LogP contribution in [0.2, 0.25) is 5.02 Å². The fraction of sp³-hybridized carbons (Fsp3) is 0.500. The first kappa shape index (κ1) is 15.8. The number of carbonyl (C=O) groups excluding carboxylic acids is 1. The third-order valence-electron chi connectivity index (χ3n) is 4.11. The molecule has 2 rings (SSSR count). The van der Waals surface area contributed by atoms with Crippen LogP contribution < -0.4 is 0 Å². The number of carboxylic acid groups (broad SMARTS) is 1. The lowest BCUT2D eigenvalue weighted by atomic mass is 9.78. The first-order valence-corrected chi connectivity index (χ1v) is 7.59. The van der Waals surface area contributed by atoms with Gasteiger partial charge in [-0.15, -0.1) is 0 Å². The van der Waals surface area contributed by atoms with Crippen molar-refractivity contribution in [2.75, 3.05) is 7.05 Å². The van der Waals surface area contributed by atoms with Crippen LogP contribution in [-0.2, 0) is 16.1 Å². The maximum absolute atomic E-state index is 12.5. The molecule has 2 atom stereocenters. The lowest BCUT2D eigenvalue weighted by molar-refractivity contribution is -0.152. The quantitative estimate of drug-likeness (QED) is 0.929. The highest BCUT2D eigenvalue weighted by Crippen LogP contribution is 2.31. The summed E-state index contributed by atoms with van der Waals surface area (Å²) in [7, 11) is 1.73. The summed E-state index contributed by atoms with van der Waals surface area (Å²) in [4.78, 5) is 25.4. The Labute approximate surface area is 129 Å². The Morgan fingerprint density at radius 3 is 2.33 bits per heavy atom. The molecular formula is C16H20ClNO3. The largest absolute Gasteiger partial charge is 0.481 e. The topological polar surface area (TPSA) is 57.6 Å². The Balaban J connectivity index is 2.03. The maximum atomic E-state index is 12.5. The fourth-order valence-electron chi connectivity index (χ4n) is 2.95. The van der Waals surface area contributed by atoms with Gasteiger partial charge < -0.3 is 10.0 Å². The summed E-state index contributed by atoms with van der Waals surface area (Å²) in [6.45, 7) is 0.471. The van der Waals surface area contributed by atoms with E-state index >= 15 is 0 Å². The van der Waals surface area contributed by atoms with Gasteiger partial charge in [0.1, 0.15) is 0 Å². The van der Waals surface area contributed by atoms with Crippen LogP contribution in [-0.4, -0.2) is 28.9 Å². The van der Waals surface area contributed by atoms with Crippen LogP contribution in [0.3, 0.4) is 0 Å². The lowest BCUT2D eigenvalue weighted by Crippen LogP contribution is -2.40. The summed E-state index contributed by atoms with van der Waals surface area (Å²) >= 11 is 5.84. The third kappa shape index (κ3) is 3.97. The van der Waals surface area contributed by atoms with Crippen LogP contribution in [0, 0.1) is 11.8 Å². The molecule has 0 unspecified atom stereocenters. The zero-order valence-electron chi connectivity index (χ0n) is 12.1. The molecule has 1 aliphatic rings. The second-order valence-corrected chi connectivity index (χ2v) is 6.09. The Bertz CT molecular complexity index is 515. The maximum Gasteiger partial charge on any atom is 0.307 e. The molecule has 0 saturated heterocycles. The minimum atomic E-state index is -0.854. The van der Waals surface area contributed by atoms with Crippen molar-refractivity contribution in [2.45, 2.75) is 32.2 Å². The number of carbonyl (C=O) groups is 2. The van der Waals surface area contributed by atoms with Crippen LogP contribution in [0.5, 0.6) is 0 Å². The first-order valence-electron chi connectivity index (χ1n) is 7.21. The van der Waals surface area contributed by atoms with Crippen LogP contribution in [0.4, 0.5) is 0 Å². The molecule has 0 aliphatic heterocycles. The van der Waals surface area contributed by atoms with Gasteiger partial charge in [-0.25, -0.2) is 0 Å². The van der Waals surface area contributed by atoms with E-state index in [-0.39, 0.29) is 5.91 Å². The highest BCUT2D eigenvalue weighted by molar-refractivity contribution is 6.30. The SMILES string of the molecule is CN(Cc1ccc(Cl)cc1)C(=O)[C@@H]1CCCC[C@@H]1C(=O)O. The van der Waals surface area contributed by atoms with Gasteiger partial charge in [0.25, 0.3) is 0 Å². The minimum absolute atomic E-state index is 0.0722. The molecule has 114 valence electrons. The summed E-state index contributed by atoms with van der Waals surface area (Å²) < 4.78 is 0. The van der Waals surface area contributed by atoms with Crippen molar-refractivity contribution >= 4 is 23.5 Å². The number of amides is 1. The summed E-state index contributed by atoms with van der Waals surface area (Å²) in [5, 5.41) is 9.93. The molecule has 1 saturated carbocycles. The lowest BCUT2D eigenvalue weighted by Gasteiger charge is -2.31. The average molecular weight is 310 g/mol. The van der Waals surface area contributed by atoms with Gasteiger partial charge in [-0.05, 0) is 30.5 Å². The Hall–Kier alpha value is -1.55. The number of hydrogen-bond acceptors (Lipinski definition) is 2. The standard InChI is InChI=1S/C16H20ClNO3/c1-18(10-11-6-8-12(17)9-7-11)15(19)13-4-2-3-5-14(13)16(20)21/h6-9,13-14H,2-5,10H2,1H3,(H,20,21)/t13-,14+/m1/s1. The van der Waals surface area contributed by atoms with E-state index in [1.165, 1.54) is 0 Å². The molecule has 1 aliphatic carbocycles. The molecule has 0 bridgehead atoms. The van der Waals surface area contributed by atoms with Gasteiger partial charge in [0.2, 0.25) is 5.91 Å². The summed E-state index contributed by atoms with van der Waals surface area (Å²) in [6, 6.07) is 7.33. The van der Waals surface area contributed by atoms with Crippen molar-refractivity contribution in [1.82, 2.24) is 4.90 Å². The van der Waals surface area contributed by atoms with Crippen LogP contribution in [0.25, 0.3) is 0 Å². The molecular weight excluding hydrogens is 290 g/mol. The molecule has 1 amide bonds. The molecule has 0 aromatic heterocycles. The van der Waals surface area contributed by atoms with E-state index in [9.17, 15) is 14.7 Å². The van der Waals surface area contributed by atoms with E-state index in [1.807, 2.05) is 12.1 Å². The van der Waals surface area contributed by atoms with Crippen molar-refractivity contribution in [3.05, 3.63) is 34.9 Å². The second-order valence-electron chi connectivity index (χ2n) is 5.66. The third-order valence-corrected chi connectivity index (χ3v) is 4.36. The zero-order valence-corrected chi connectivity index (χ0v) is 12.8. The molecule has 1 aromatic carbocycles. The van der Waals surface area contributed by atoms with E-state index < -0.39 is 17.8 Å². The van der Waals surface area contributed by atoms with Crippen LogP contribution >= 0.6 is 11.6 Å². The van der Waals surface area contributed by atoms with E-state index in [2.05, 4.69) is 0 Å². The van der Waals surface area contributed by atoms with Crippen molar-refractivity contribution in [2.24, 2.45) is 11.8 Å². The number of benzene rings is 1. The van der Waals surface area contributed by atoms with Gasteiger partial charge in [-0.1, -0.05) is 36.6 Å². The number of hydrogen-bond donors (Lipinski definition) is 1. The number of rotatable bonds is 4. The van der Waals surface area contributed by atoms with Gasteiger partial charge in [0.15, 0.2) is 0 Å². The molecule has 21 heavy (non-hydrogen) atoms. The van der Waals surface area contributed by atoms with Gasteiger partial charge in [0.05, 0.1) is 11.8 Å². The number of aliphatic carboxylic acids is 1. The highest BCUT2D eigenvalue weighted by atomic mass is 35.5. The molecule has 5 heteroatoms. The molecule has 1 fully saturated rings. The Kier molecular flexibility index (Phi) is 5.23. The highest BCUT2D eigenvalue weighted by Gasteiger charge is 2.36. The minimum Gasteiger partial charge on any atom is -0.481 e. The van der Waals surface area contributed by atoms with Crippen molar-refractivity contribution in [1.29, 1.82) is 0 Å². The van der Waals surface area contributed by atoms with E-state index in [0.29, 0.717) is 24.4 Å². The predicted molar refractivity (Wildman–Crippen MR) is 81.0 cm³/mol. The number of carboxylic acids is 1. The molecule has 0 spiro atoms. The van der Waals surface area contributed by atoms with Gasteiger partial charge in [-0.2, -0.15) is 0 Å². The monoisotopic (exact) mass is 309 g/mol. The molecule has 1 N–H and O–H groups in total. The normalized spacial score (nSPS) is 21.8. The van der Waals surface area contributed by atoms with Gasteiger partial charge >= 0.3 is 5.97 Å². The summed E-state index contributed by atoms with van der Waals surface area (Å²) in [5.74, 6) is -1.86. The van der Waals surface area contributed by atoms with Crippen LogP contribution in [0.15, 0.2) is 24.3 Å². The zero-order chi connectivity index (χ0) is 15.4. The second kappa shape index (κ2) is 6.94.